The van der Waals surface area contributed by atoms with E-state index >= 15 is 0 Å². The van der Waals surface area contributed by atoms with Gasteiger partial charge in [0.2, 0.25) is 0 Å². The number of quaternary nitrogens is 1. The molecule has 0 spiro atoms. The lowest BCUT2D eigenvalue weighted by atomic mass is 10.0. The van der Waals surface area contributed by atoms with Gasteiger partial charge < -0.3 is 23.2 Å². The Morgan fingerprint density at radius 3 is 1.44 bits per heavy atom. The Bertz CT molecular complexity index is 963. The van der Waals surface area contributed by atoms with Gasteiger partial charge in [0.05, 0.1) is 27.1 Å². The van der Waals surface area contributed by atoms with E-state index in [1.165, 1.54) is 136 Å². The van der Waals surface area contributed by atoms with Crippen molar-refractivity contribution in [2.75, 3.05) is 40.9 Å². The van der Waals surface area contributed by atoms with Crippen molar-refractivity contribution in [2.45, 2.75) is 200 Å². The number of carbonyl (C=O) groups excluding carboxylic acids is 1. The minimum atomic E-state index is -3.38. The summed E-state index contributed by atoms with van der Waals surface area (Å²) in [7, 11) is 5.46. The highest BCUT2D eigenvalue weighted by Crippen LogP contribution is 2.37. The molecule has 54 heavy (non-hydrogen) atoms. The zero-order chi connectivity index (χ0) is 39.9. The second kappa shape index (κ2) is 38.8. The number of ether oxygens (including phenoxy) is 1. The fourth-order valence-electron chi connectivity index (χ4n) is 6.44. The van der Waals surface area contributed by atoms with Crippen LogP contribution in [0.4, 0.5) is 0 Å². The molecular formula is C46H86NO5PS. The summed E-state index contributed by atoms with van der Waals surface area (Å²) in [4.78, 5) is 24.8. The number of esters is 1. The van der Waals surface area contributed by atoms with Crippen LogP contribution in [0, 0.1) is 0 Å². The Hall–Kier alpha value is -1.08. The van der Waals surface area contributed by atoms with E-state index in [1.807, 2.05) is 0 Å². The fourth-order valence-corrected chi connectivity index (χ4v) is 7.08. The van der Waals surface area contributed by atoms with Gasteiger partial charge in [-0.2, -0.15) is 0 Å². The Balaban J connectivity index is 4.41. The van der Waals surface area contributed by atoms with E-state index in [0.717, 1.165) is 51.5 Å². The summed E-state index contributed by atoms with van der Waals surface area (Å²) >= 11 is 4.81. The molecule has 0 aliphatic carbocycles. The van der Waals surface area contributed by atoms with E-state index in [-0.39, 0.29) is 18.7 Å². The fraction of sp³-hybridized carbons (Fsp3) is 0.804. The van der Waals surface area contributed by atoms with Crippen LogP contribution in [-0.2, 0) is 30.4 Å². The third kappa shape index (κ3) is 39.2. The Morgan fingerprint density at radius 2 is 1.02 bits per heavy atom. The summed E-state index contributed by atoms with van der Waals surface area (Å²) in [5.41, 5.74) is 0. The van der Waals surface area contributed by atoms with E-state index in [1.54, 1.807) is 0 Å². The van der Waals surface area contributed by atoms with Crippen LogP contribution in [0.1, 0.15) is 194 Å². The zero-order valence-corrected chi connectivity index (χ0v) is 37.7. The molecule has 0 N–H and O–H groups in total. The third-order valence-electron chi connectivity index (χ3n) is 10.1. The summed E-state index contributed by atoms with van der Waals surface area (Å²) in [6, 6.07) is 0. The van der Waals surface area contributed by atoms with Gasteiger partial charge in [0.15, 0.2) is 0 Å². The molecule has 0 bridgehead atoms. The van der Waals surface area contributed by atoms with Gasteiger partial charge in [-0.3, -0.25) is 4.79 Å². The monoisotopic (exact) mass is 796 g/mol. The highest BCUT2D eigenvalue weighted by Gasteiger charge is 2.19. The first kappa shape index (κ1) is 52.9. The standard InChI is InChI=1S/C46H86NO5PS/c1-6-8-10-12-14-16-18-20-22-24-26-28-30-32-34-36-39-45(52-46(48)41-38-42-47(3,4)43-44-51-53(49,54)50-5)40-37-35-33-31-29-27-25-23-21-19-17-15-13-11-9-7-2/h14-17,20-23,45H,6-13,18-19,24-44H2,1-5H3/b16-14-,17-15-,22-20-,23-21-. The van der Waals surface area contributed by atoms with Gasteiger partial charge in [-0.1, -0.05) is 151 Å². The van der Waals surface area contributed by atoms with E-state index in [4.69, 9.17) is 25.6 Å². The first-order valence-electron chi connectivity index (χ1n) is 22.3. The molecule has 0 aromatic rings. The second-order valence-corrected chi connectivity index (χ2v) is 18.7. The maximum absolute atomic E-state index is 12.9. The predicted octanol–water partition coefficient (Wildman–Crippen LogP) is 13.4. The van der Waals surface area contributed by atoms with Crippen molar-refractivity contribution in [3.8, 4) is 0 Å². The molecule has 6 nitrogen and oxygen atoms in total. The van der Waals surface area contributed by atoms with E-state index < -0.39 is 6.72 Å². The average molecular weight is 796 g/mol. The largest absolute Gasteiger partial charge is 0.780 e. The van der Waals surface area contributed by atoms with Gasteiger partial charge in [0.25, 0.3) is 0 Å². The average Bonchev–Trinajstić information content (AvgIpc) is 3.14. The Labute approximate surface area is 340 Å². The van der Waals surface area contributed by atoms with Crippen molar-refractivity contribution in [1.29, 1.82) is 0 Å². The molecule has 1 atom stereocenters. The third-order valence-corrected chi connectivity index (χ3v) is 11.8. The molecule has 0 heterocycles. The van der Waals surface area contributed by atoms with Crippen molar-refractivity contribution < 1.29 is 28.0 Å². The molecule has 316 valence electrons. The normalized spacial score (nSPS) is 13.8. The maximum Gasteiger partial charge on any atom is 0.306 e. The minimum absolute atomic E-state index is 0.0281. The summed E-state index contributed by atoms with van der Waals surface area (Å²) in [5, 5.41) is 0. The number of unbranched alkanes of at least 4 members (excludes halogenated alkanes) is 18. The Kier molecular flexibility index (Phi) is 38.0. The van der Waals surface area contributed by atoms with Crippen molar-refractivity contribution in [3.63, 3.8) is 0 Å². The molecule has 0 aromatic carbocycles. The lowest BCUT2D eigenvalue weighted by molar-refractivity contribution is -0.890. The van der Waals surface area contributed by atoms with Crippen LogP contribution in [0.2, 0.25) is 0 Å². The molecular weight excluding hydrogens is 710 g/mol. The topological polar surface area (TPSA) is 67.8 Å². The van der Waals surface area contributed by atoms with E-state index in [9.17, 15) is 9.69 Å². The van der Waals surface area contributed by atoms with Crippen LogP contribution in [0.25, 0.3) is 0 Å². The van der Waals surface area contributed by atoms with Crippen molar-refractivity contribution in [2.24, 2.45) is 0 Å². The molecule has 1 unspecified atom stereocenters. The van der Waals surface area contributed by atoms with Crippen LogP contribution >= 0.6 is 6.72 Å². The van der Waals surface area contributed by atoms with Gasteiger partial charge in [0, 0.05) is 13.5 Å². The molecule has 0 amide bonds. The molecule has 0 radical (unpaired) electrons. The first-order chi connectivity index (χ1) is 26.2. The second-order valence-electron chi connectivity index (χ2n) is 15.8. The van der Waals surface area contributed by atoms with Crippen molar-refractivity contribution in [3.05, 3.63) is 48.6 Å². The summed E-state index contributed by atoms with van der Waals surface area (Å²) in [6.45, 7) is 2.83. The van der Waals surface area contributed by atoms with Gasteiger partial charge in [0.1, 0.15) is 26.0 Å². The highest BCUT2D eigenvalue weighted by molar-refractivity contribution is 8.06. The first-order valence-corrected chi connectivity index (χ1v) is 24.8. The number of carbonyl (C=O) groups is 1. The lowest BCUT2D eigenvalue weighted by Crippen LogP contribution is -2.43. The molecule has 0 rings (SSSR count). The molecule has 8 heteroatoms. The summed E-state index contributed by atoms with van der Waals surface area (Å²) in [5.74, 6) is -0.0780. The number of nitrogens with zero attached hydrogens (tertiary/aromatic N) is 1. The number of allylic oxidation sites excluding steroid dienone is 8. The molecule has 0 saturated carbocycles. The number of hydrogen-bond acceptors (Lipinski definition) is 6. The van der Waals surface area contributed by atoms with E-state index in [0.29, 0.717) is 17.4 Å². The number of hydrogen-bond donors (Lipinski definition) is 0. The maximum atomic E-state index is 12.9. The quantitative estimate of drug-likeness (QED) is 0.0202. The van der Waals surface area contributed by atoms with Gasteiger partial charge >= 0.3 is 5.97 Å². The van der Waals surface area contributed by atoms with Gasteiger partial charge in [-0.15, -0.1) is 0 Å². The van der Waals surface area contributed by atoms with Crippen molar-refractivity contribution in [1.82, 2.24) is 0 Å². The predicted molar refractivity (Wildman–Crippen MR) is 236 cm³/mol. The molecule has 0 saturated heterocycles. The zero-order valence-electron chi connectivity index (χ0n) is 36.0. The van der Waals surface area contributed by atoms with Crippen LogP contribution in [0.3, 0.4) is 0 Å². The summed E-state index contributed by atoms with van der Waals surface area (Å²) < 4.78 is 16.7. The minimum Gasteiger partial charge on any atom is -0.780 e. The SMILES string of the molecule is CCCCC/C=C\C/C=C\CCCCCCCCC(CCCCCCCC/C=C\C/C=C\CCCCC)OC(=O)CCC[N+](C)(C)CCOP([O-])(=S)OC. The summed E-state index contributed by atoms with van der Waals surface area (Å²) in [6.07, 6.45) is 51.5. The van der Waals surface area contributed by atoms with Gasteiger partial charge in [-0.25, -0.2) is 0 Å². The molecule has 0 aliphatic rings. The number of likely N-dealkylation sites (N-methyl/N-ethyl adjacent to an activating group) is 1. The molecule has 0 aliphatic heterocycles. The highest BCUT2D eigenvalue weighted by atomic mass is 32.5. The smallest absolute Gasteiger partial charge is 0.306 e. The van der Waals surface area contributed by atoms with Crippen LogP contribution in [0.5, 0.6) is 0 Å². The van der Waals surface area contributed by atoms with Crippen LogP contribution in [0.15, 0.2) is 48.6 Å². The molecule has 0 aromatic heterocycles. The van der Waals surface area contributed by atoms with Crippen LogP contribution in [-0.4, -0.2) is 57.5 Å². The van der Waals surface area contributed by atoms with E-state index in [2.05, 4.69) is 76.6 Å². The number of rotatable bonds is 40. The van der Waals surface area contributed by atoms with Gasteiger partial charge in [-0.05, 0) is 89.9 Å². The van der Waals surface area contributed by atoms with Crippen LogP contribution < -0.4 is 4.89 Å². The molecule has 0 fully saturated rings. The Morgan fingerprint density at radius 1 is 0.611 bits per heavy atom. The lowest BCUT2D eigenvalue weighted by Gasteiger charge is -2.32. The van der Waals surface area contributed by atoms with Crippen molar-refractivity contribution >= 4 is 24.5 Å².